The molecule has 8 heteroatoms. The van der Waals surface area contributed by atoms with Gasteiger partial charge in [-0.1, -0.05) is 34.5 Å². The lowest BCUT2D eigenvalue weighted by Crippen LogP contribution is -2.42. The Balaban J connectivity index is 1.65. The van der Waals surface area contributed by atoms with Gasteiger partial charge >= 0.3 is 0 Å². The summed E-state index contributed by atoms with van der Waals surface area (Å²) in [6.45, 7) is 7.48. The van der Waals surface area contributed by atoms with Gasteiger partial charge in [0.2, 0.25) is 0 Å². The number of fused-ring (bicyclic) bond motifs is 1. The molecular weight excluding hydrogens is 484 g/mol. The fourth-order valence-electron chi connectivity index (χ4n) is 3.72. The zero-order chi connectivity index (χ0) is 21.1. The van der Waals surface area contributed by atoms with Gasteiger partial charge in [-0.15, -0.1) is 11.8 Å². The molecule has 0 spiro atoms. The third kappa shape index (κ3) is 4.92. The minimum atomic E-state index is -0.0400. The predicted molar refractivity (Wildman–Crippen MR) is 129 cm³/mol. The van der Waals surface area contributed by atoms with E-state index in [0.717, 1.165) is 64.5 Å². The molecule has 1 saturated heterocycles. The number of hydrogen-bond acceptors (Lipinski definition) is 5. The number of nitrogens with one attached hydrogen (secondary N) is 1. The molecule has 0 atom stereocenters. The Kier molecular flexibility index (Phi) is 7.16. The number of benzene rings is 2. The third-order valence-electron chi connectivity index (χ3n) is 5.26. The van der Waals surface area contributed by atoms with Crippen molar-refractivity contribution in [3.8, 4) is 0 Å². The number of hydrogen-bond donors (Lipinski definition) is 1. The summed E-state index contributed by atoms with van der Waals surface area (Å²) < 4.78 is 2.62. The van der Waals surface area contributed by atoms with Crippen molar-refractivity contribution >= 4 is 50.2 Å². The van der Waals surface area contributed by atoms with E-state index in [0.29, 0.717) is 17.0 Å². The molecule has 0 unspecified atom stereocenters. The molecule has 0 bridgehead atoms. The molecule has 158 valence electrons. The fourth-order valence-corrected chi connectivity index (χ4v) is 5.17. The zero-order valence-corrected chi connectivity index (χ0v) is 20.0. The zero-order valence-electron chi connectivity index (χ0n) is 16.8. The van der Waals surface area contributed by atoms with Crippen LogP contribution in [0.15, 0.2) is 50.8 Å². The van der Waals surface area contributed by atoms with Gasteiger partial charge in [0.25, 0.3) is 5.56 Å². The van der Waals surface area contributed by atoms with Crippen molar-refractivity contribution in [2.45, 2.75) is 24.9 Å². The Labute approximate surface area is 193 Å². The van der Waals surface area contributed by atoms with Gasteiger partial charge in [-0.3, -0.25) is 14.3 Å². The molecule has 2 aromatic carbocycles. The Bertz CT molecular complexity index is 1110. The minimum Gasteiger partial charge on any atom is -0.314 e. The van der Waals surface area contributed by atoms with Crippen molar-refractivity contribution < 1.29 is 0 Å². The van der Waals surface area contributed by atoms with E-state index in [-0.39, 0.29) is 5.56 Å². The van der Waals surface area contributed by atoms with Crippen LogP contribution >= 0.6 is 39.3 Å². The summed E-state index contributed by atoms with van der Waals surface area (Å²) in [7, 11) is 0. The van der Waals surface area contributed by atoms with Crippen molar-refractivity contribution in [1.29, 1.82) is 0 Å². The normalized spacial score (nSPS) is 15.0. The molecule has 3 aromatic rings. The Morgan fingerprint density at radius 2 is 1.97 bits per heavy atom. The van der Waals surface area contributed by atoms with Crippen LogP contribution in [0, 0.1) is 0 Å². The molecule has 1 N–H and O–H groups in total. The first-order valence-electron chi connectivity index (χ1n) is 10.1. The maximum absolute atomic E-state index is 13.2. The maximum atomic E-state index is 13.2. The molecule has 0 aliphatic carbocycles. The number of halogens is 2. The first-order valence-corrected chi connectivity index (χ1v) is 12.2. The molecule has 0 saturated carbocycles. The molecule has 4 rings (SSSR count). The molecule has 1 fully saturated rings. The molecule has 2 heterocycles. The van der Waals surface area contributed by atoms with Gasteiger partial charge in [0.1, 0.15) is 0 Å². The largest absolute Gasteiger partial charge is 0.314 e. The standard InChI is InChI=1S/C22H24BrClN4OS/c1-2-30-21-4-3-17(24)9-16(21)13-28-14-26-20-10-15(12-27-7-5-25-6-8-27)19(23)11-18(20)22(28)29/h3-4,9-11,14,25H,2,5-8,12-13H2,1H3. The van der Waals surface area contributed by atoms with E-state index < -0.39 is 0 Å². The fraction of sp³-hybridized carbons (Fsp3) is 0.364. The summed E-state index contributed by atoms with van der Waals surface area (Å²) in [5.74, 6) is 0.961. The predicted octanol–water partition coefficient (Wildman–Crippen LogP) is 4.38. The van der Waals surface area contributed by atoms with Crippen molar-refractivity contribution in [1.82, 2.24) is 19.8 Å². The molecule has 1 aromatic heterocycles. The van der Waals surface area contributed by atoms with E-state index >= 15 is 0 Å². The van der Waals surface area contributed by atoms with Gasteiger partial charge in [-0.2, -0.15) is 0 Å². The Morgan fingerprint density at radius 3 is 2.73 bits per heavy atom. The average molecular weight is 508 g/mol. The summed E-state index contributed by atoms with van der Waals surface area (Å²) in [5.41, 5.74) is 2.89. The van der Waals surface area contributed by atoms with Gasteiger partial charge < -0.3 is 5.32 Å². The number of aromatic nitrogens is 2. The van der Waals surface area contributed by atoms with Crippen LogP contribution in [0.3, 0.4) is 0 Å². The third-order valence-corrected chi connectivity index (χ3v) is 7.23. The van der Waals surface area contributed by atoms with Crippen LogP contribution in [0.25, 0.3) is 10.9 Å². The van der Waals surface area contributed by atoms with Crippen molar-refractivity contribution in [3.63, 3.8) is 0 Å². The Morgan fingerprint density at radius 1 is 1.17 bits per heavy atom. The van der Waals surface area contributed by atoms with Crippen LogP contribution in [0.1, 0.15) is 18.1 Å². The molecule has 30 heavy (non-hydrogen) atoms. The van der Waals surface area contributed by atoms with Crippen LogP contribution in [0.5, 0.6) is 0 Å². The van der Waals surface area contributed by atoms with E-state index in [1.165, 1.54) is 0 Å². The molecule has 0 radical (unpaired) electrons. The number of nitrogens with zero attached hydrogens (tertiary/aromatic N) is 3. The topological polar surface area (TPSA) is 50.2 Å². The SMILES string of the molecule is CCSc1ccc(Cl)cc1Cn1cnc2cc(CN3CCNCC3)c(Br)cc2c1=O. The lowest BCUT2D eigenvalue weighted by atomic mass is 10.1. The summed E-state index contributed by atoms with van der Waals surface area (Å²) in [6, 6.07) is 9.79. The lowest BCUT2D eigenvalue weighted by Gasteiger charge is -2.27. The monoisotopic (exact) mass is 506 g/mol. The summed E-state index contributed by atoms with van der Waals surface area (Å²) in [5, 5.41) is 4.67. The molecular formula is C22H24BrClN4OS. The number of thioether (sulfide) groups is 1. The van der Waals surface area contributed by atoms with E-state index in [1.54, 1.807) is 22.7 Å². The first kappa shape index (κ1) is 21.8. The number of rotatable bonds is 6. The van der Waals surface area contributed by atoms with Gasteiger partial charge in [0.15, 0.2) is 0 Å². The average Bonchev–Trinajstić information content (AvgIpc) is 2.74. The second-order valence-electron chi connectivity index (χ2n) is 7.35. The van der Waals surface area contributed by atoms with E-state index in [9.17, 15) is 4.79 Å². The molecule has 0 amide bonds. The van der Waals surface area contributed by atoms with Gasteiger partial charge in [0.05, 0.1) is 23.8 Å². The second kappa shape index (κ2) is 9.83. The van der Waals surface area contributed by atoms with E-state index in [1.807, 2.05) is 30.3 Å². The van der Waals surface area contributed by atoms with Crippen molar-refractivity contribution in [2.75, 3.05) is 31.9 Å². The quantitative estimate of drug-likeness (QED) is 0.502. The summed E-state index contributed by atoms with van der Waals surface area (Å²) >= 11 is 11.6. The van der Waals surface area contributed by atoms with Crippen LogP contribution in [-0.2, 0) is 13.1 Å². The highest BCUT2D eigenvalue weighted by Crippen LogP contribution is 2.27. The lowest BCUT2D eigenvalue weighted by molar-refractivity contribution is 0.233. The van der Waals surface area contributed by atoms with Crippen LogP contribution in [-0.4, -0.2) is 46.4 Å². The minimum absolute atomic E-state index is 0.0400. The van der Waals surface area contributed by atoms with Crippen LogP contribution < -0.4 is 10.9 Å². The van der Waals surface area contributed by atoms with Crippen LogP contribution in [0.4, 0.5) is 0 Å². The summed E-state index contributed by atoms with van der Waals surface area (Å²) in [6.07, 6.45) is 1.65. The Hall–Kier alpha value is -1.38. The van der Waals surface area contributed by atoms with Gasteiger partial charge in [-0.05, 0) is 47.2 Å². The molecule has 1 aliphatic rings. The van der Waals surface area contributed by atoms with Gasteiger partial charge in [-0.25, -0.2) is 4.98 Å². The summed E-state index contributed by atoms with van der Waals surface area (Å²) in [4.78, 5) is 21.3. The van der Waals surface area contributed by atoms with E-state index in [2.05, 4.69) is 38.1 Å². The first-order chi connectivity index (χ1) is 14.5. The molecule has 1 aliphatic heterocycles. The number of piperazine rings is 1. The van der Waals surface area contributed by atoms with Crippen molar-refractivity contribution in [2.24, 2.45) is 0 Å². The highest BCUT2D eigenvalue weighted by molar-refractivity contribution is 9.10. The second-order valence-corrected chi connectivity index (χ2v) is 9.95. The smallest absolute Gasteiger partial charge is 0.261 e. The highest BCUT2D eigenvalue weighted by atomic mass is 79.9. The highest BCUT2D eigenvalue weighted by Gasteiger charge is 2.15. The van der Waals surface area contributed by atoms with Gasteiger partial charge in [0, 0.05) is 47.1 Å². The van der Waals surface area contributed by atoms with Crippen molar-refractivity contribution in [3.05, 3.63) is 67.6 Å². The maximum Gasteiger partial charge on any atom is 0.261 e. The van der Waals surface area contributed by atoms with Crippen LogP contribution in [0.2, 0.25) is 5.02 Å². The van der Waals surface area contributed by atoms with E-state index in [4.69, 9.17) is 11.6 Å². The molecule has 5 nitrogen and oxygen atoms in total.